The molecule has 0 aromatic carbocycles. The largest absolute Gasteiger partial charge is 0.407 e. The van der Waals surface area contributed by atoms with Gasteiger partial charge in [-0.2, -0.15) is 0 Å². The molecule has 1 saturated heterocycles. The van der Waals surface area contributed by atoms with Gasteiger partial charge < -0.3 is 20.8 Å². The van der Waals surface area contributed by atoms with Crippen LogP contribution in [0.5, 0.6) is 0 Å². The van der Waals surface area contributed by atoms with Gasteiger partial charge in [-0.1, -0.05) is 5.10 Å². The topological polar surface area (TPSA) is 111 Å². The van der Waals surface area contributed by atoms with Crippen molar-refractivity contribution in [3.05, 3.63) is 5.89 Å². The lowest BCUT2D eigenvalue weighted by Crippen LogP contribution is -2.38. The molecule has 0 aliphatic carbocycles. The predicted octanol–water partition coefficient (Wildman–Crippen LogP) is -0.770. The Morgan fingerprint density at radius 3 is 2.62 bits per heavy atom. The predicted molar refractivity (Wildman–Crippen MR) is 56.3 cm³/mol. The summed E-state index contributed by atoms with van der Waals surface area (Å²) >= 11 is 0. The second-order valence-corrected chi connectivity index (χ2v) is 3.85. The second kappa shape index (κ2) is 4.48. The number of anilines is 1. The van der Waals surface area contributed by atoms with Crippen LogP contribution in [-0.4, -0.2) is 29.2 Å². The fraction of sp³-hybridized carbons (Fsp3) is 0.667. The molecular weight excluding hydrogens is 210 g/mol. The molecule has 2 heterocycles. The third kappa shape index (κ3) is 2.13. The molecule has 0 saturated carbocycles. The number of nitrogens with zero attached hydrogens (tertiary/aromatic N) is 3. The van der Waals surface area contributed by atoms with Gasteiger partial charge in [-0.3, -0.25) is 4.79 Å². The lowest BCUT2D eigenvalue weighted by atomic mass is 9.97. The van der Waals surface area contributed by atoms with E-state index in [4.69, 9.17) is 15.9 Å². The number of carbonyl (C=O) groups is 1. The van der Waals surface area contributed by atoms with E-state index in [1.165, 1.54) is 0 Å². The van der Waals surface area contributed by atoms with E-state index < -0.39 is 0 Å². The molecule has 0 unspecified atom stereocenters. The quantitative estimate of drug-likeness (QED) is 0.698. The molecule has 2 rings (SSSR count). The molecule has 0 spiro atoms. The number of rotatable bonds is 3. The van der Waals surface area contributed by atoms with Crippen molar-refractivity contribution in [1.82, 2.24) is 10.2 Å². The van der Waals surface area contributed by atoms with E-state index in [1.807, 2.05) is 4.90 Å². The number of aromatic nitrogens is 2. The number of nitrogens with two attached hydrogens (primary N) is 2. The number of hydrogen-bond donors (Lipinski definition) is 2. The first-order valence-corrected chi connectivity index (χ1v) is 5.27. The van der Waals surface area contributed by atoms with Crippen LogP contribution in [0.15, 0.2) is 4.42 Å². The van der Waals surface area contributed by atoms with E-state index in [0.717, 1.165) is 12.8 Å². The fourth-order valence-electron chi connectivity index (χ4n) is 1.81. The van der Waals surface area contributed by atoms with Crippen molar-refractivity contribution in [3.8, 4) is 0 Å². The van der Waals surface area contributed by atoms with E-state index >= 15 is 0 Å². The summed E-state index contributed by atoms with van der Waals surface area (Å²) in [4.78, 5) is 12.9. The maximum Gasteiger partial charge on any atom is 0.318 e. The molecule has 0 atom stereocenters. The minimum absolute atomic E-state index is 0.0341. The third-order valence-electron chi connectivity index (χ3n) is 2.80. The molecule has 0 bridgehead atoms. The maximum atomic E-state index is 11.0. The molecule has 1 aromatic rings. The number of carbonyl (C=O) groups excluding carboxylic acids is 1. The van der Waals surface area contributed by atoms with Crippen molar-refractivity contribution < 1.29 is 9.21 Å². The first kappa shape index (κ1) is 10.9. The molecular formula is C9H15N5O2. The number of amides is 1. The monoisotopic (exact) mass is 225 g/mol. The summed E-state index contributed by atoms with van der Waals surface area (Å²) in [7, 11) is 0. The highest BCUT2D eigenvalue weighted by atomic mass is 16.4. The molecule has 1 aromatic heterocycles. The highest BCUT2D eigenvalue weighted by molar-refractivity contribution is 5.76. The lowest BCUT2D eigenvalue weighted by Gasteiger charge is -2.28. The molecule has 1 fully saturated rings. The van der Waals surface area contributed by atoms with Crippen LogP contribution in [-0.2, 0) is 11.3 Å². The normalized spacial score (nSPS) is 17.7. The molecule has 1 amide bonds. The zero-order valence-electron chi connectivity index (χ0n) is 8.93. The van der Waals surface area contributed by atoms with Gasteiger partial charge >= 0.3 is 6.01 Å². The van der Waals surface area contributed by atoms with Crippen LogP contribution in [0, 0.1) is 5.92 Å². The lowest BCUT2D eigenvalue weighted by molar-refractivity contribution is -0.122. The van der Waals surface area contributed by atoms with E-state index in [2.05, 4.69) is 10.2 Å². The van der Waals surface area contributed by atoms with Crippen LogP contribution in [0.1, 0.15) is 18.7 Å². The SMILES string of the molecule is NCc1nnc(N2CCC(C(N)=O)CC2)o1. The van der Waals surface area contributed by atoms with Gasteiger partial charge in [-0.25, -0.2) is 0 Å². The summed E-state index contributed by atoms with van der Waals surface area (Å²) in [6.45, 7) is 1.66. The Balaban J connectivity index is 1.96. The molecule has 1 aliphatic heterocycles. The van der Waals surface area contributed by atoms with E-state index in [9.17, 15) is 4.79 Å². The van der Waals surface area contributed by atoms with Gasteiger partial charge in [-0.05, 0) is 12.8 Å². The first-order valence-electron chi connectivity index (χ1n) is 5.27. The van der Waals surface area contributed by atoms with Gasteiger partial charge in [0.2, 0.25) is 11.8 Å². The number of primary amides is 1. The van der Waals surface area contributed by atoms with Gasteiger partial charge in [0.05, 0.1) is 6.54 Å². The summed E-state index contributed by atoms with van der Waals surface area (Å²) in [5.74, 6) is 0.160. The van der Waals surface area contributed by atoms with Crippen molar-refractivity contribution in [2.75, 3.05) is 18.0 Å². The smallest absolute Gasteiger partial charge is 0.318 e. The van der Waals surface area contributed by atoms with Crippen molar-refractivity contribution in [3.63, 3.8) is 0 Å². The number of piperidine rings is 1. The molecule has 7 nitrogen and oxygen atoms in total. The Morgan fingerprint density at radius 2 is 2.12 bits per heavy atom. The first-order chi connectivity index (χ1) is 7.70. The van der Waals surface area contributed by atoms with Gasteiger partial charge in [0.15, 0.2) is 0 Å². The average molecular weight is 225 g/mol. The Kier molecular flexibility index (Phi) is 3.04. The van der Waals surface area contributed by atoms with Crippen LogP contribution in [0.4, 0.5) is 6.01 Å². The molecule has 16 heavy (non-hydrogen) atoms. The van der Waals surface area contributed by atoms with Crippen LogP contribution in [0.2, 0.25) is 0 Å². The summed E-state index contributed by atoms with van der Waals surface area (Å²) in [6, 6.07) is 0.475. The van der Waals surface area contributed by atoms with Crippen molar-refractivity contribution >= 4 is 11.9 Å². The molecule has 7 heteroatoms. The van der Waals surface area contributed by atoms with Crippen LogP contribution in [0.3, 0.4) is 0 Å². The van der Waals surface area contributed by atoms with Crippen LogP contribution >= 0.6 is 0 Å². The van der Waals surface area contributed by atoms with E-state index in [1.54, 1.807) is 0 Å². The molecule has 1 aliphatic rings. The third-order valence-corrected chi connectivity index (χ3v) is 2.80. The standard InChI is InChI=1S/C9H15N5O2/c10-5-7-12-13-9(16-7)14-3-1-6(2-4-14)8(11)15/h6H,1-5,10H2,(H2,11,15). The van der Waals surface area contributed by atoms with Gasteiger partial charge in [0.25, 0.3) is 0 Å². The Morgan fingerprint density at radius 1 is 1.44 bits per heavy atom. The van der Waals surface area contributed by atoms with Crippen LogP contribution in [0.25, 0.3) is 0 Å². The molecule has 0 radical (unpaired) electrons. The minimum atomic E-state index is -0.229. The minimum Gasteiger partial charge on any atom is -0.407 e. The van der Waals surface area contributed by atoms with Gasteiger partial charge in [-0.15, -0.1) is 5.10 Å². The van der Waals surface area contributed by atoms with Crippen LogP contribution < -0.4 is 16.4 Å². The summed E-state index contributed by atoms with van der Waals surface area (Å²) in [5.41, 5.74) is 10.6. The van der Waals surface area contributed by atoms with Crippen molar-refractivity contribution in [2.45, 2.75) is 19.4 Å². The molecule has 88 valence electrons. The highest BCUT2D eigenvalue weighted by Gasteiger charge is 2.25. The summed E-state index contributed by atoms with van der Waals surface area (Å²) in [6.07, 6.45) is 1.46. The zero-order chi connectivity index (χ0) is 11.5. The molecule has 4 N–H and O–H groups in total. The Labute approximate surface area is 92.8 Å². The number of hydrogen-bond acceptors (Lipinski definition) is 6. The average Bonchev–Trinajstić information content (AvgIpc) is 2.77. The fourth-order valence-corrected chi connectivity index (χ4v) is 1.81. The van der Waals surface area contributed by atoms with Gasteiger partial charge in [0, 0.05) is 19.0 Å². The summed E-state index contributed by atoms with van der Waals surface area (Å²) in [5, 5.41) is 7.68. The van der Waals surface area contributed by atoms with Gasteiger partial charge in [0.1, 0.15) is 0 Å². The van der Waals surface area contributed by atoms with Crippen molar-refractivity contribution in [1.29, 1.82) is 0 Å². The zero-order valence-corrected chi connectivity index (χ0v) is 8.93. The second-order valence-electron chi connectivity index (χ2n) is 3.85. The Bertz CT molecular complexity index is 370. The maximum absolute atomic E-state index is 11.0. The van der Waals surface area contributed by atoms with E-state index in [0.29, 0.717) is 25.0 Å². The highest BCUT2D eigenvalue weighted by Crippen LogP contribution is 2.21. The van der Waals surface area contributed by atoms with E-state index in [-0.39, 0.29) is 18.4 Å². The summed E-state index contributed by atoms with van der Waals surface area (Å²) < 4.78 is 5.33. The van der Waals surface area contributed by atoms with Crippen molar-refractivity contribution in [2.24, 2.45) is 17.4 Å². The Hall–Kier alpha value is -1.63.